The van der Waals surface area contributed by atoms with E-state index in [1.807, 2.05) is 20.8 Å². The van der Waals surface area contributed by atoms with Crippen LogP contribution in [0.15, 0.2) is 23.0 Å². The molecule has 1 aromatic heterocycles. The van der Waals surface area contributed by atoms with Gasteiger partial charge in [-0.1, -0.05) is 0 Å². The largest absolute Gasteiger partial charge is 0.364 e. The Morgan fingerprint density at radius 3 is 2.65 bits per heavy atom. The maximum Gasteiger partial charge on any atom is 0.272 e. The van der Waals surface area contributed by atoms with Gasteiger partial charge in [-0.3, -0.25) is 4.79 Å². The molecule has 0 saturated carbocycles. The molecule has 2 rings (SSSR count). The first-order valence-corrected chi connectivity index (χ1v) is 5.33. The molecule has 0 amide bonds. The van der Waals surface area contributed by atoms with Gasteiger partial charge in [-0.2, -0.15) is 5.10 Å². The molecular formula is C12H14FN3O. The van der Waals surface area contributed by atoms with Crippen LogP contribution in [0.2, 0.25) is 0 Å². The lowest BCUT2D eigenvalue weighted by molar-refractivity contribution is 0.625. The van der Waals surface area contributed by atoms with E-state index >= 15 is 0 Å². The van der Waals surface area contributed by atoms with E-state index in [1.165, 1.54) is 18.2 Å². The van der Waals surface area contributed by atoms with Gasteiger partial charge in [0.2, 0.25) is 0 Å². The highest BCUT2D eigenvalue weighted by atomic mass is 19.1. The number of nitrogens with one attached hydrogen (secondary N) is 2. The molecule has 2 N–H and O–H groups in total. The molecule has 0 unspecified atom stereocenters. The number of nitrogens with zero attached hydrogens (tertiary/aromatic N) is 1. The van der Waals surface area contributed by atoms with E-state index < -0.39 is 0 Å². The minimum Gasteiger partial charge on any atom is -0.364 e. The number of benzene rings is 1. The van der Waals surface area contributed by atoms with Crippen molar-refractivity contribution in [2.24, 2.45) is 0 Å². The van der Waals surface area contributed by atoms with Gasteiger partial charge in [0.25, 0.3) is 5.56 Å². The van der Waals surface area contributed by atoms with Crippen molar-refractivity contribution in [1.29, 1.82) is 0 Å². The van der Waals surface area contributed by atoms with Gasteiger partial charge in [-0.25, -0.2) is 9.49 Å². The van der Waals surface area contributed by atoms with Crippen LogP contribution in [0, 0.1) is 5.82 Å². The van der Waals surface area contributed by atoms with Crippen LogP contribution < -0.4 is 10.9 Å². The molecule has 1 aromatic carbocycles. The molecule has 0 bridgehead atoms. The van der Waals surface area contributed by atoms with Crippen molar-refractivity contribution in [2.45, 2.75) is 26.3 Å². The van der Waals surface area contributed by atoms with Gasteiger partial charge in [-0.05, 0) is 39.0 Å². The number of rotatable bonds is 1. The SMILES string of the molecule is CC(C)(C)Nc1n[nH]c(=O)c2ccc(F)cc12. The van der Waals surface area contributed by atoms with Gasteiger partial charge in [0.15, 0.2) is 5.82 Å². The topological polar surface area (TPSA) is 57.8 Å². The summed E-state index contributed by atoms with van der Waals surface area (Å²) in [5.74, 6) is 0.0912. The summed E-state index contributed by atoms with van der Waals surface area (Å²) in [7, 11) is 0. The number of anilines is 1. The highest BCUT2D eigenvalue weighted by Crippen LogP contribution is 2.21. The van der Waals surface area contributed by atoms with E-state index in [1.54, 1.807) is 0 Å². The molecule has 0 saturated heterocycles. The lowest BCUT2D eigenvalue weighted by Gasteiger charge is -2.21. The minimum atomic E-state index is -0.387. The lowest BCUT2D eigenvalue weighted by atomic mass is 10.1. The van der Waals surface area contributed by atoms with Gasteiger partial charge >= 0.3 is 0 Å². The van der Waals surface area contributed by atoms with E-state index in [-0.39, 0.29) is 16.9 Å². The van der Waals surface area contributed by atoms with E-state index in [2.05, 4.69) is 15.5 Å². The van der Waals surface area contributed by atoms with Crippen LogP contribution in [0.4, 0.5) is 10.2 Å². The summed E-state index contributed by atoms with van der Waals surface area (Å²) in [6, 6.07) is 4.03. The quantitative estimate of drug-likeness (QED) is 0.797. The van der Waals surface area contributed by atoms with Crippen LogP contribution in [0.5, 0.6) is 0 Å². The summed E-state index contributed by atoms with van der Waals surface area (Å²) in [4.78, 5) is 11.5. The van der Waals surface area contributed by atoms with E-state index in [4.69, 9.17) is 0 Å². The summed E-state index contributed by atoms with van der Waals surface area (Å²) in [5, 5.41) is 10.4. The third-order valence-electron chi connectivity index (χ3n) is 2.24. The van der Waals surface area contributed by atoms with Crippen molar-refractivity contribution < 1.29 is 4.39 Å². The molecule has 4 nitrogen and oxygen atoms in total. The molecular weight excluding hydrogens is 221 g/mol. The molecule has 0 spiro atoms. The van der Waals surface area contributed by atoms with E-state index in [0.29, 0.717) is 16.6 Å². The zero-order valence-electron chi connectivity index (χ0n) is 9.97. The molecule has 0 aliphatic carbocycles. The van der Waals surface area contributed by atoms with Crippen LogP contribution in [-0.2, 0) is 0 Å². The van der Waals surface area contributed by atoms with Crippen LogP contribution in [0.25, 0.3) is 10.8 Å². The number of aromatic amines is 1. The van der Waals surface area contributed by atoms with E-state index in [9.17, 15) is 9.18 Å². The number of aromatic nitrogens is 2. The molecule has 0 aliphatic heterocycles. The van der Waals surface area contributed by atoms with Crippen molar-refractivity contribution in [3.63, 3.8) is 0 Å². The fourth-order valence-corrected chi connectivity index (χ4v) is 1.59. The lowest BCUT2D eigenvalue weighted by Crippen LogP contribution is -2.28. The number of hydrogen-bond donors (Lipinski definition) is 2. The van der Waals surface area contributed by atoms with Crippen LogP contribution in [-0.4, -0.2) is 15.7 Å². The third-order valence-corrected chi connectivity index (χ3v) is 2.24. The van der Waals surface area contributed by atoms with Gasteiger partial charge in [0.1, 0.15) is 5.82 Å². The summed E-state index contributed by atoms with van der Waals surface area (Å²) >= 11 is 0. The Hall–Kier alpha value is -1.91. The molecule has 0 radical (unpaired) electrons. The highest BCUT2D eigenvalue weighted by molar-refractivity contribution is 5.91. The average Bonchev–Trinajstić information content (AvgIpc) is 2.20. The Kier molecular flexibility index (Phi) is 2.61. The van der Waals surface area contributed by atoms with Gasteiger partial charge in [-0.15, -0.1) is 0 Å². The summed E-state index contributed by atoms with van der Waals surface area (Å²) in [5.41, 5.74) is -0.538. The maximum absolute atomic E-state index is 13.2. The summed E-state index contributed by atoms with van der Waals surface area (Å²) in [6.45, 7) is 5.89. The summed E-state index contributed by atoms with van der Waals surface area (Å²) < 4.78 is 13.2. The zero-order valence-corrected chi connectivity index (χ0v) is 9.97. The fraction of sp³-hybridized carbons (Fsp3) is 0.333. The predicted octanol–water partition coefficient (Wildman–Crippen LogP) is 2.27. The minimum absolute atomic E-state index is 0.218. The molecule has 0 aliphatic rings. The van der Waals surface area contributed by atoms with Gasteiger partial charge in [0, 0.05) is 10.9 Å². The first-order valence-electron chi connectivity index (χ1n) is 5.33. The monoisotopic (exact) mass is 235 g/mol. The number of fused-ring (bicyclic) bond motifs is 1. The Morgan fingerprint density at radius 2 is 2.00 bits per heavy atom. The number of halogens is 1. The number of hydrogen-bond acceptors (Lipinski definition) is 3. The average molecular weight is 235 g/mol. The third kappa shape index (κ3) is 2.43. The van der Waals surface area contributed by atoms with Crippen LogP contribution >= 0.6 is 0 Å². The first-order chi connectivity index (χ1) is 7.87. The zero-order chi connectivity index (χ0) is 12.6. The molecule has 1 heterocycles. The van der Waals surface area contributed by atoms with E-state index in [0.717, 1.165) is 0 Å². The van der Waals surface area contributed by atoms with Crippen molar-refractivity contribution in [3.05, 3.63) is 34.4 Å². The maximum atomic E-state index is 13.2. The summed E-state index contributed by atoms with van der Waals surface area (Å²) in [6.07, 6.45) is 0. The second-order valence-electron chi connectivity index (χ2n) is 4.97. The Morgan fingerprint density at radius 1 is 1.29 bits per heavy atom. The van der Waals surface area contributed by atoms with Gasteiger partial charge < -0.3 is 5.32 Å². The van der Waals surface area contributed by atoms with Crippen molar-refractivity contribution >= 4 is 16.6 Å². The number of H-pyrrole nitrogens is 1. The molecule has 0 atom stereocenters. The standard InChI is InChI=1S/C12H14FN3O/c1-12(2,3)14-10-9-6-7(13)4-5-8(9)11(17)16-15-10/h4-6H,1-3H3,(H,14,15)(H,16,17). The Balaban J connectivity index is 2.68. The highest BCUT2D eigenvalue weighted by Gasteiger charge is 2.14. The predicted molar refractivity (Wildman–Crippen MR) is 65.7 cm³/mol. The second kappa shape index (κ2) is 3.84. The Bertz CT molecular complexity index is 613. The molecule has 17 heavy (non-hydrogen) atoms. The normalized spacial score (nSPS) is 11.8. The smallest absolute Gasteiger partial charge is 0.272 e. The second-order valence-corrected chi connectivity index (χ2v) is 4.97. The van der Waals surface area contributed by atoms with Crippen molar-refractivity contribution in [1.82, 2.24) is 10.2 Å². The van der Waals surface area contributed by atoms with Gasteiger partial charge in [0.05, 0.1) is 5.39 Å². The van der Waals surface area contributed by atoms with Crippen LogP contribution in [0.1, 0.15) is 20.8 Å². The molecule has 0 fully saturated rings. The molecule has 2 aromatic rings. The van der Waals surface area contributed by atoms with Crippen molar-refractivity contribution in [2.75, 3.05) is 5.32 Å². The van der Waals surface area contributed by atoms with Crippen molar-refractivity contribution in [3.8, 4) is 0 Å². The first kappa shape index (κ1) is 11.6. The van der Waals surface area contributed by atoms with Crippen LogP contribution in [0.3, 0.4) is 0 Å². The molecule has 5 heteroatoms. The Labute approximate surface area is 97.9 Å². The molecule has 90 valence electrons. The fourth-order valence-electron chi connectivity index (χ4n) is 1.59.